The number of aryl methyl sites for hydroxylation is 1. The Hall–Kier alpha value is -2.73. The quantitative estimate of drug-likeness (QED) is 0.538. The largest absolute Gasteiger partial charge is 0.390 e. The third-order valence-corrected chi connectivity index (χ3v) is 6.05. The van der Waals surface area contributed by atoms with Gasteiger partial charge in [0.25, 0.3) is 5.91 Å². The summed E-state index contributed by atoms with van der Waals surface area (Å²) in [6.07, 6.45) is 8.30. The fourth-order valence-corrected chi connectivity index (χ4v) is 4.37. The first-order chi connectivity index (χ1) is 14.6. The van der Waals surface area contributed by atoms with Crippen LogP contribution in [0.3, 0.4) is 0 Å². The van der Waals surface area contributed by atoms with E-state index < -0.39 is 0 Å². The lowest BCUT2D eigenvalue weighted by Crippen LogP contribution is -2.31. The van der Waals surface area contributed by atoms with Crippen molar-refractivity contribution in [1.82, 2.24) is 15.3 Å². The molecule has 0 fully saturated rings. The number of carbonyl (C=O) groups is 1. The van der Waals surface area contributed by atoms with Crippen molar-refractivity contribution in [3.05, 3.63) is 52.4 Å². The van der Waals surface area contributed by atoms with Crippen molar-refractivity contribution in [1.29, 1.82) is 0 Å². The van der Waals surface area contributed by atoms with E-state index in [1.165, 1.54) is 31.3 Å². The van der Waals surface area contributed by atoms with E-state index >= 15 is 0 Å². The van der Waals surface area contributed by atoms with Crippen LogP contribution in [0.5, 0.6) is 0 Å². The third kappa shape index (κ3) is 3.97. The fraction of sp³-hybridized carbons (Fsp3) is 0.458. The smallest absolute Gasteiger partial charge is 0.252 e. The van der Waals surface area contributed by atoms with Gasteiger partial charge in [0.05, 0.1) is 23.6 Å². The molecule has 0 unspecified atom stereocenters. The standard InChI is InChI=1S/C24H30N4O2/c1-3-4-5-7-17-10-12-28(13-11-17)23-20(15-29)27-22(16(2)26-23)19-9-6-8-18-14-25-24(30)21(18)19/h6,8-10,29H,3-5,7,11-15H2,1-2H3,(H,25,30). The molecule has 3 heterocycles. The number of carbonyl (C=O) groups excluding carboxylic acids is 1. The molecular weight excluding hydrogens is 376 g/mol. The minimum absolute atomic E-state index is 0.0757. The molecule has 0 atom stereocenters. The number of fused-ring (bicyclic) bond motifs is 1. The summed E-state index contributed by atoms with van der Waals surface area (Å²) in [4.78, 5) is 24.1. The predicted octanol–water partition coefficient (Wildman–Crippen LogP) is 3.90. The van der Waals surface area contributed by atoms with Crippen molar-refractivity contribution >= 4 is 11.7 Å². The van der Waals surface area contributed by atoms with Gasteiger partial charge in [-0.2, -0.15) is 0 Å². The number of aliphatic hydroxyl groups is 1. The number of benzene rings is 1. The Morgan fingerprint density at radius 2 is 2.10 bits per heavy atom. The zero-order chi connectivity index (χ0) is 21.1. The van der Waals surface area contributed by atoms with Crippen molar-refractivity contribution in [3.63, 3.8) is 0 Å². The highest BCUT2D eigenvalue weighted by molar-refractivity contribution is 6.04. The lowest BCUT2D eigenvalue weighted by Gasteiger charge is -2.29. The maximum absolute atomic E-state index is 12.3. The molecule has 0 spiro atoms. The number of hydrogen-bond acceptors (Lipinski definition) is 5. The van der Waals surface area contributed by atoms with Crippen LogP contribution in [-0.2, 0) is 13.2 Å². The minimum atomic E-state index is -0.180. The molecule has 6 heteroatoms. The molecule has 2 aliphatic rings. The van der Waals surface area contributed by atoms with E-state index in [1.54, 1.807) is 0 Å². The summed E-state index contributed by atoms with van der Waals surface area (Å²) in [6.45, 7) is 6.20. The second-order valence-corrected chi connectivity index (χ2v) is 8.12. The number of unbranched alkanes of at least 4 members (excludes halogenated alkanes) is 2. The molecule has 30 heavy (non-hydrogen) atoms. The molecule has 1 aromatic heterocycles. The summed E-state index contributed by atoms with van der Waals surface area (Å²) in [5, 5.41) is 12.9. The highest BCUT2D eigenvalue weighted by Gasteiger charge is 2.26. The number of anilines is 1. The van der Waals surface area contributed by atoms with Crippen LogP contribution in [0.1, 0.15) is 66.3 Å². The number of nitrogens with one attached hydrogen (secondary N) is 1. The van der Waals surface area contributed by atoms with Gasteiger partial charge in [-0.3, -0.25) is 4.79 Å². The highest BCUT2D eigenvalue weighted by atomic mass is 16.3. The molecule has 0 bridgehead atoms. The Balaban J connectivity index is 1.62. The van der Waals surface area contributed by atoms with E-state index in [4.69, 9.17) is 9.97 Å². The third-order valence-electron chi connectivity index (χ3n) is 6.05. The van der Waals surface area contributed by atoms with Crippen LogP contribution in [0.15, 0.2) is 29.8 Å². The van der Waals surface area contributed by atoms with Gasteiger partial charge in [0.15, 0.2) is 5.82 Å². The number of aliphatic hydroxyl groups excluding tert-OH is 1. The van der Waals surface area contributed by atoms with E-state index in [-0.39, 0.29) is 12.5 Å². The normalized spacial score (nSPS) is 15.8. The molecule has 2 aliphatic heterocycles. The van der Waals surface area contributed by atoms with Crippen LogP contribution in [-0.4, -0.2) is 34.1 Å². The molecule has 0 saturated carbocycles. The maximum atomic E-state index is 12.3. The van der Waals surface area contributed by atoms with Gasteiger partial charge in [0, 0.05) is 25.2 Å². The van der Waals surface area contributed by atoms with Crippen LogP contribution in [0.25, 0.3) is 11.3 Å². The first-order valence-corrected chi connectivity index (χ1v) is 10.9. The Morgan fingerprint density at radius 1 is 1.23 bits per heavy atom. The summed E-state index contributed by atoms with van der Waals surface area (Å²) in [7, 11) is 0. The molecule has 0 saturated heterocycles. The second kappa shape index (κ2) is 8.96. The average Bonchev–Trinajstić information content (AvgIpc) is 3.15. The van der Waals surface area contributed by atoms with E-state index in [2.05, 4.69) is 23.2 Å². The summed E-state index contributed by atoms with van der Waals surface area (Å²) < 4.78 is 0. The Labute approximate surface area is 178 Å². The van der Waals surface area contributed by atoms with Crippen molar-refractivity contribution in [3.8, 4) is 11.3 Å². The van der Waals surface area contributed by atoms with Crippen LogP contribution in [0.2, 0.25) is 0 Å². The van der Waals surface area contributed by atoms with Gasteiger partial charge in [-0.05, 0) is 31.7 Å². The van der Waals surface area contributed by atoms with Crippen molar-refractivity contribution < 1.29 is 9.90 Å². The van der Waals surface area contributed by atoms with Gasteiger partial charge in [0.1, 0.15) is 5.69 Å². The van der Waals surface area contributed by atoms with Gasteiger partial charge < -0.3 is 15.3 Å². The number of amides is 1. The fourth-order valence-electron chi connectivity index (χ4n) is 4.37. The predicted molar refractivity (Wildman–Crippen MR) is 118 cm³/mol. The lowest BCUT2D eigenvalue weighted by atomic mass is 9.99. The molecular formula is C24H30N4O2. The average molecular weight is 407 g/mol. The molecule has 158 valence electrons. The van der Waals surface area contributed by atoms with Crippen LogP contribution in [0, 0.1) is 6.92 Å². The van der Waals surface area contributed by atoms with Crippen molar-refractivity contribution in [2.24, 2.45) is 0 Å². The molecule has 6 nitrogen and oxygen atoms in total. The van der Waals surface area contributed by atoms with Crippen molar-refractivity contribution in [2.75, 3.05) is 18.0 Å². The van der Waals surface area contributed by atoms with Crippen LogP contribution >= 0.6 is 0 Å². The van der Waals surface area contributed by atoms with Gasteiger partial charge in [0.2, 0.25) is 0 Å². The molecule has 2 aromatic rings. The van der Waals surface area contributed by atoms with Crippen molar-refractivity contribution in [2.45, 2.75) is 59.1 Å². The zero-order valence-electron chi connectivity index (χ0n) is 17.9. The molecule has 2 N–H and O–H groups in total. The lowest BCUT2D eigenvalue weighted by molar-refractivity contribution is 0.0966. The summed E-state index contributed by atoms with van der Waals surface area (Å²) in [5.41, 5.74) is 5.96. The minimum Gasteiger partial charge on any atom is -0.390 e. The summed E-state index contributed by atoms with van der Waals surface area (Å²) in [5.74, 6) is 0.674. The van der Waals surface area contributed by atoms with E-state index in [0.717, 1.165) is 42.1 Å². The Bertz CT molecular complexity index is 983. The molecule has 4 rings (SSSR count). The number of rotatable bonds is 7. The summed E-state index contributed by atoms with van der Waals surface area (Å²) >= 11 is 0. The molecule has 0 aliphatic carbocycles. The van der Waals surface area contributed by atoms with Gasteiger partial charge in [-0.25, -0.2) is 9.97 Å². The monoisotopic (exact) mass is 406 g/mol. The van der Waals surface area contributed by atoms with Crippen LogP contribution < -0.4 is 10.2 Å². The van der Waals surface area contributed by atoms with E-state index in [0.29, 0.717) is 23.5 Å². The number of aromatic nitrogens is 2. The Morgan fingerprint density at radius 3 is 2.83 bits per heavy atom. The molecule has 1 aromatic carbocycles. The highest BCUT2D eigenvalue weighted by Crippen LogP contribution is 2.32. The number of nitrogens with zero attached hydrogens (tertiary/aromatic N) is 3. The van der Waals surface area contributed by atoms with Gasteiger partial charge >= 0.3 is 0 Å². The second-order valence-electron chi connectivity index (χ2n) is 8.12. The maximum Gasteiger partial charge on any atom is 0.252 e. The Kier molecular flexibility index (Phi) is 6.13. The van der Waals surface area contributed by atoms with E-state index in [9.17, 15) is 9.90 Å². The van der Waals surface area contributed by atoms with Gasteiger partial charge in [-0.15, -0.1) is 0 Å². The first kappa shape index (κ1) is 20.5. The topological polar surface area (TPSA) is 78.4 Å². The molecule has 0 radical (unpaired) electrons. The SMILES string of the molecule is CCCCCC1=CCN(c2nc(C)c(-c3cccc4c3C(=O)NC4)nc2CO)CC1. The zero-order valence-corrected chi connectivity index (χ0v) is 17.9. The number of hydrogen-bond donors (Lipinski definition) is 2. The summed E-state index contributed by atoms with van der Waals surface area (Å²) in [6, 6.07) is 5.81. The van der Waals surface area contributed by atoms with E-state index in [1.807, 2.05) is 25.1 Å². The molecule has 1 amide bonds. The first-order valence-electron chi connectivity index (χ1n) is 10.9. The van der Waals surface area contributed by atoms with Crippen LogP contribution in [0.4, 0.5) is 5.82 Å². The van der Waals surface area contributed by atoms with Gasteiger partial charge in [-0.1, -0.05) is 49.6 Å².